The van der Waals surface area contributed by atoms with E-state index in [0.717, 1.165) is 37.4 Å². The number of piperazine rings is 1. The van der Waals surface area contributed by atoms with Crippen LogP contribution in [-0.4, -0.2) is 43.0 Å². The Morgan fingerprint density at radius 2 is 1.53 bits per heavy atom. The first-order valence-electron chi connectivity index (χ1n) is 10.6. The van der Waals surface area contributed by atoms with Crippen molar-refractivity contribution in [2.45, 2.75) is 16.7 Å². The van der Waals surface area contributed by atoms with Crippen molar-refractivity contribution in [1.29, 1.82) is 0 Å². The molecular weight excluding hydrogens is 496 g/mol. The molecule has 0 bridgehead atoms. The Morgan fingerprint density at radius 1 is 0.882 bits per heavy atom. The van der Waals surface area contributed by atoms with Crippen LogP contribution < -0.4 is 18.8 Å². The molecule has 3 aromatic rings. The average Bonchev–Trinajstić information content (AvgIpc) is 2.85. The van der Waals surface area contributed by atoms with Crippen LogP contribution in [0.25, 0.3) is 0 Å². The van der Waals surface area contributed by atoms with Gasteiger partial charge < -0.3 is 10.2 Å². The van der Waals surface area contributed by atoms with Crippen LogP contribution in [0, 0.1) is 6.92 Å². The number of nitrogens with zero attached hydrogens (tertiary/aromatic N) is 2. The van der Waals surface area contributed by atoms with Gasteiger partial charge in [0.25, 0.3) is 20.0 Å². The van der Waals surface area contributed by atoms with E-state index < -0.39 is 20.0 Å². The number of rotatable bonds is 7. The fraction of sp³-hybridized carbons (Fsp3) is 0.217. The van der Waals surface area contributed by atoms with Gasteiger partial charge in [-0.25, -0.2) is 8.42 Å². The zero-order chi connectivity index (χ0) is 24.3. The van der Waals surface area contributed by atoms with Crippen LogP contribution in [0.3, 0.4) is 0 Å². The van der Waals surface area contributed by atoms with E-state index in [0.29, 0.717) is 3.82 Å². The molecule has 180 valence electrons. The molecule has 0 unspecified atom stereocenters. The first-order chi connectivity index (χ1) is 16.2. The number of halogens is 1. The molecule has 1 aliphatic heterocycles. The second kappa shape index (κ2) is 9.83. The molecule has 3 aromatic carbocycles. The molecule has 8 nitrogen and oxygen atoms in total. The summed E-state index contributed by atoms with van der Waals surface area (Å²) in [4.78, 5) is 2.14. The summed E-state index contributed by atoms with van der Waals surface area (Å²) >= 11 is 6.38. The Bertz CT molecular complexity index is 1360. The quantitative estimate of drug-likeness (QED) is 0.462. The van der Waals surface area contributed by atoms with Crippen LogP contribution in [0.2, 0.25) is 0 Å². The number of anilines is 3. The van der Waals surface area contributed by atoms with Gasteiger partial charge in [0.05, 0.1) is 21.2 Å². The molecule has 0 aliphatic carbocycles. The molecule has 1 saturated heterocycles. The molecule has 0 amide bonds. The molecule has 0 atom stereocenters. The van der Waals surface area contributed by atoms with Crippen LogP contribution in [0.5, 0.6) is 0 Å². The third-order valence-electron chi connectivity index (χ3n) is 5.48. The van der Waals surface area contributed by atoms with Gasteiger partial charge in [-0.1, -0.05) is 35.9 Å². The van der Waals surface area contributed by atoms with Gasteiger partial charge in [-0.15, -0.1) is 0 Å². The molecule has 0 spiro atoms. The van der Waals surface area contributed by atoms with Gasteiger partial charge in [-0.3, -0.25) is 4.72 Å². The van der Waals surface area contributed by atoms with E-state index in [-0.39, 0.29) is 21.2 Å². The van der Waals surface area contributed by atoms with E-state index in [1.54, 1.807) is 42.5 Å². The highest BCUT2D eigenvalue weighted by atomic mass is 35.5. The number of nitrogens with one attached hydrogen (secondary N) is 2. The van der Waals surface area contributed by atoms with Gasteiger partial charge in [0.1, 0.15) is 0 Å². The van der Waals surface area contributed by atoms with Crippen molar-refractivity contribution >= 4 is 48.9 Å². The maximum absolute atomic E-state index is 13.2. The van der Waals surface area contributed by atoms with Crippen LogP contribution in [0.1, 0.15) is 5.56 Å². The maximum Gasteiger partial charge on any atom is 0.278 e. The first kappa shape index (κ1) is 24.3. The zero-order valence-electron chi connectivity index (χ0n) is 18.5. The molecule has 2 N–H and O–H groups in total. The van der Waals surface area contributed by atoms with Gasteiger partial charge in [-0.2, -0.15) is 12.2 Å². The summed E-state index contributed by atoms with van der Waals surface area (Å²) in [7, 11) is -8.14. The molecular formula is C23H25ClN4O4S2. The minimum absolute atomic E-state index is 0.000585. The third kappa shape index (κ3) is 5.15. The fourth-order valence-corrected chi connectivity index (χ4v) is 6.17. The number of benzene rings is 3. The summed E-state index contributed by atoms with van der Waals surface area (Å²) < 4.78 is 55.7. The molecule has 1 fully saturated rings. The molecule has 0 radical (unpaired) electrons. The van der Waals surface area contributed by atoms with Gasteiger partial charge in [-0.05, 0) is 49.4 Å². The van der Waals surface area contributed by atoms with Gasteiger partial charge >= 0.3 is 0 Å². The lowest BCUT2D eigenvalue weighted by Crippen LogP contribution is -2.43. The normalized spacial score (nSPS) is 14.6. The van der Waals surface area contributed by atoms with Gasteiger partial charge in [0.15, 0.2) is 0 Å². The number of aryl methyl sites for hydroxylation is 1. The standard InChI is InChI=1S/C23H25ClN4O4S2/c1-18-7-10-21(11-8-18)34(31,32)28(24)23-12-9-19(27-15-13-25-14-16-27)17-22(23)26-33(29,30)20-5-3-2-4-6-20/h2-12,17,25-26H,13-16H2,1H3. The van der Waals surface area contributed by atoms with Crippen LogP contribution in [-0.2, 0) is 20.0 Å². The summed E-state index contributed by atoms with van der Waals surface area (Å²) in [6, 6.07) is 19.0. The van der Waals surface area contributed by atoms with Crippen molar-refractivity contribution in [3.8, 4) is 0 Å². The van der Waals surface area contributed by atoms with Crippen molar-refractivity contribution in [2.24, 2.45) is 0 Å². The highest BCUT2D eigenvalue weighted by molar-refractivity contribution is 7.94. The van der Waals surface area contributed by atoms with Crippen LogP contribution in [0.4, 0.5) is 17.1 Å². The molecule has 0 saturated carbocycles. The Morgan fingerprint density at radius 3 is 2.18 bits per heavy atom. The lowest BCUT2D eigenvalue weighted by molar-refractivity contribution is 0.589. The minimum atomic E-state index is -4.15. The van der Waals surface area contributed by atoms with E-state index in [2.05, 4.69) is 14.9 Å². The van der Waals surface area contributed by atoms with Crippen molar-refractivity contribution in [1.82, 2.24) is 5.32 Å². The Hall–Kier alpha value is -2.79. The summed E-state index contributed by atoms with van der Waals surface area (Å²) in [5.41, 5.74) is 1.72. The second-order valence-electron chi connectivity index (χ2n) is 7.89. The third-order valence-corrected chi connectivity index (χ3v) is 9.07. The highest BCUT2D eigenvalue weighted by Crippen LogP contribution is 2.37. The van der Waals surface area contributed by atoms with E-state index >= 15 is 0 Å². The molecule has 0 aromatic heterocycles. The molecule has 1 heterocycles. The van der Waals surface area contributed by atoms with E-state index in [9.17, 15) is 16.8 Å². The fourth-order valence-electron chi connectivity index (χ4n) is 3.61. The zero-order valence-corrected chi connectivity index (χ0v) is 20.9. The largest absolute Gasteiger partial charge is 0.369 e. The van der Waals surface area contributed by atoms with Gasteiger partial charge in [0.2, 0.25) is 0 Å². The maximum atomic E-state index is 13.2. The molecule has 4 rings (SSSR count). The van der Waals surface area contributed by atoms with Crippen molar-refractivity contribution < 1.29 is 16.8 Å². The van der Waals surface area contributed by atoms with Crippen LogP contribution >= 0.6 is 11.8 Å². The molecule has 11 heteroatoms. The van der Waals surface area contributed by atoms with Crippen molar-refractivity contribution in [2.75, 3.05) is 39.6 Å². The number of hydrogen-bond acceptors (Lipinski definition) is 6. The van der Waals surface area contributed by atoms with E-state index in [4.69, 9.17) is 11.8 Å². The summed E-state index contributed by atoms with van der Waals surface area (Å²) in [6.07, 6.45) is 0. The number of sulfonamides is 2. The topological polar surface area (TPSA) is 98.8 Å². The predicted molar refractivity (Wildman–Crippen MR) is 135 cm³/mol. The first-order valence-corrected chi connectivity index (χ1v) is 13.9. The van der Waals surface area contributed by atoms with Gasteiger partial charge in [0, 0.05) is 43.6 Å². The molecule has 34 heavy (non-hydrogen) atoms. The SMILES string of the molecule is Cc1ccc(S(=O)(=O)N(Cl)c2ccc(N3CCNCC3)cc2NS(=O)(=O)c2ccccc2)cc1. The average molecular weight is 521 g/mol. The Labute approximate surface area is 205 Å². The lowest BCUT2D eigenvalue weighted by atomic mass is 10.2. The molecule has 1 aliphatic rings. The number of hydrogen-bond donors (Lipinski definition) is 2. The lowest BCUT2D eigenvalue weighted by Gasteiger charge is -2.30. The van der Waals surface area contributed by atoms with Crippen LogP contribution in [0.15, 0.2) is 82.6 Å². The second-order valence-corrected chi connectivity index (χ2v) is 11.9. The van der Waals surface area contributed by atoms with Crippen molar-refractivity contribution in [3.63, 3.8) is 0 Å². The van der Waals surface area contributed by atoms with Crippen molar-refractivity contribution in [3.05, 3.63) is 78.4 Å². The summed E-state index contributed by atoms with van der Waals surface area (Å²) in [5.74, 6) is 0. The monoisotopic (exact) mass is 520 g/mol. The Balaban J connectivity index is 1.77. The predicted octanol–water partition coefficient (Wildman–Crippen LogP) is 3.55. The Kier molecular flexibility index (Phi) is 7.04. The summed E-state index contributed by atoms with van der Waals surface area (Å²) in [6.45, 7) is 4.89. The van der Waals surface area contributed by atoms with E-state index in [1.807, 2.05) is 6.92 Å². The van der Waals surface area contributed by atoms with E-state index in [1.165, 1.54) is 30.3 Å². The minimum Gasteiger partial charge on any atom is -0.369 e. The highest BCUT2D eigenvalue weighted by Gasteiger charge is 2.28. The smallest absolute Gasteiger partial charge is 0.278 e. The summed E-state index contributed by atoms with van der Waals surface area (Å²) in [5, 5.41) is 3.27.